The Hall–Kier alpha value is -0.620. The van der Waals surface area contributed by atoms with Crippen LogP contribution >= 0.6 is 22.6 Å². The quantitative estimate of drug-likeness (QED) is 0.835. The van der Waals surface area contributed by atoms with Crippen molar-refractivity contribution in [2.75, 3.05) is 13.2 Å². The third-order valence-corrected chi connectivity index (χ3v) is 4.70. The Balaban J connectivity index is 2.28. The van der Waals surface area contributed by atoms with Crippen LogP contribution in [-0.4, -0.2) is 35.1 Å². The summed E-state index contributed by atoms with van der Waals surface area (Å²) in [6.45, 7) is 2.83. The highest BCUT2D eigenvalue weighted by Gasteiger charge is 2.29. The molecule has 1 saturated heterocycles. The number of halogens is 1. The number of aliphatic hydroxyl groups is 1. The first-order valence-electron chi connectivity index (χ1n) is 5.82. The molecule has 0 saturated carbocycles. The number of carbonyl (C=O) groups is 1. The molecule has 0 radical (unpaired) electrons. The molecule has 1 unspecified atom stereocenters. The number of aliphatic hydroxyl groups excluding tert-OH is 1. The number of rotatable bonds is 2. The maximum atomic E-state index is 12.4. The van der Waals surface area contributed by atoms with Gasteiger partial charge in [0.2, 0.25) is 0 Å². The molecule has 0 bridgehead atoms. The molecule has 3 nitrogen and oxygen atoms in total. The second-order valence-electron chi connectivity index (χ2n) is 4.41. The van der Waals surface area contributed by atoms with E-state index in [9.17, 15) is 9.90 Å². The zero-order valence-corrected chi connectivity index (χ0v) is 12.0. The van der Waals surface area contributed by atoms with Crippen LogP contribution in [0.25, 0.3) is 0 Å². The number of nitrogens with zero attached hydrogens (tertiary/aromatic N) is 1. The Labute approximate surface area is 115 Å². The Morgan fingerprint density at radius 1 is 1.59 bits per heavy atom. The summed E-state index contributed by atoms with van der Waals surface area (Å²) in [5.74, 6) is 0.0506. The van der Waals surface area contributed by atoms with Crippen molar-refractivity contribution in [3.05, 3.63) is 32.9 Å². The third-order valence-electron chi connectivity index (χ3n) is 3.27. The van der Waals surface area contributed by atoms with E-state index in [1.54, 1.807) is 4.90 Å². The van der Waals surface area contributed by atoms with Gasteiger partial charge in [0.05, 0.1) is 18.2 Å². The number of carbonyl (C=O) groups excluding carboxylic acids is 1. The molecule has 0 spiro atoms. The SMILES string of the molecule is Cc1cccc(C(=O)N2CCCC2CO)c1I. The van der Waals surface area contributed by atoms with Gasteiger partial charge in [-0.25, -0.2) is 0 Å². The average molecular weight is 345 g/mol. The topological polar surface area (TPSA) is 40.5 Å². The van der Waals surface area contributed by atoms with Gasteiger partial charge in [0.25, 0.3) is 5.91 Å². The van der Waals surface area contributed by atoms with Crippen LogP contribution in [0.5, 0.6) is 0 Å². The number of likely N-dealkylation sites (tertiary alicyclic amines) is 1. The molecule has 92 valence electrons. The van der Waals surface area contributed by atoms with Crippen molar-refractivity contribution >= 4 is 28.5 Å². The first kappa shape index (κ1) is 12.8. The maximum Gasteiger partial charge on any atom is 0.255 e. The van der Waals surface area contributed by atoms with E-state index >= 15 is 0 Å². The molecule has 1 aliphatic heterocycles. The van der Waals surface area contributed by atoms with Crippen LogP contribution in [0.3, 0.4) is 0 Å². The summed E-state index contributed by atoms with van der Waals surface area (Å²) in [6.07, 6.45) is 1.89. The van der Waals surface area contributed by atoms with E-state index in [0.29, 0.717) is 0 Å². The van der Waals surface area contributed by atoms with E-state index in [-0.39, 0.29) is 18.6 Å². The van der Waals surface area contributed by atoms with E-state index in [1.165, 1.54) is 0 Å². The number of hydrogen-bond acceptors (Lipinski definition) is 2. The lowest BCUT2D eigenvalue weighted by Crippen LogP contribution is -2.38. The van der Waals surface area contributed by atoms with E-state index in [4.69, 9.17) is 0 Å². The summed E-state index contributed by atoms with van der Waals surface area (Å²) in [4.78, 5) is 14.2. The minimum atomic E-state index is -0.00110. The van der Waals surface area contributed by atoms with Crippen LogP contribution in [0.2, 0.25) is 0 Å². The molecule has 2 rings (SSSR count). The first-order chi connectivity index (χ1) is 8.15. The molecule has 1 aliphatic rings. The van der Waals surface area contributed by atoms with Gasteiger partial charge in [0.15, 0.2) is 0 Å². The molecule has 1 aromatic carbocycles. The van der Waals surface area contributed by atoms with Crippen molar-refractivity contribution in [3.8, 4) is 0 Å². The van der Waals surface area contributed by atoms with Crippen LogP contribution in [0, 0.1) is 10.5 Å². The molecule has 1 aromatic rings. The van der Waals surface area contributed by atoms with Gasteiger partial charge < -0.3 is 10.0 Å². The zero-order chi connectivity index (χ0) is 12.4. The predicted molar refractivity (Wildman–Crippen MR) is 75.0 cm³/mol. The first-order valence-corrected chi connectivity index (χ1v) is 6.90. The number of amides is 1. The van der Waals surface area contributed by atoms with Crippen LogP contribution < -0.4 is 0 Å². The molecule has 0 aromatic heterocycles. The smallest absolute Gasteiger partial charge is 0.255 e. The highest BCUT2D eigenvalue weighted by Crippen LogP contribution is 2.23. The molecule has 0 aliphatic carbocycles. The summed E-state index contributed by atoms with van der Waals surface area (Å²) in [5, 5.41) is 9.26. The highest BCUT2D eigenvalue weighted by molar-refractivity contribution is 14.1. The molecule has 1 heterocycles. The fourth-order valence-electron chi connectivity index (χ4n) is 2.26. The molecule has 1 N–H and O–H groups in total. The van der Waals surface area contributed by atoms with Crippen molar-refractivity contribution in [1.29, 1.82) is 0 Å². The van der Waals surface area contributed by atoms with Crippen molar-refractivity contribution in [2.45, 2.75) is 25.8 Å². The lowest BCUT2D eigenvalue weighted by Gasteiger charge is -2.23. The van der Waals surface area contributed by atoms with E-state index in [0.717, 1.165) is 34.1 Å². The van der Waals surface area contributed by atoms with Crippen LogP contribution in [0.4, 0.5) is 0 Å². The predicted octanol–water partition coefficient (Wildman–Crippen LogP) is 2.20. The van der Waals surface area contributed by atoms with Crippen LogP contribution in [0.1, 0.15) is 28.8 Å². The molecule has 1 amide bonds. The minimum absolute atomic E-state index is 0.00110. The van der Waals surface area contributed by atoms with Gasteiger partial charge in [-0.1, -0.05) is 12.1 Å². The highest BCUT2D eigenvalue weighted by atomic mass is 127. The lowest BCUT2D eigenvalue weighted by atomic mass is 10.1. The van der Waals surface area contributed by atoms with Gasteiger partial charge in [-0.15, -0.1) is 0 Å². The zero-order valence-electron chi connectivity index (χ0n) is 9.82. The molecule has 4 heteroatoms. The van der Waals surface area contributed by atoms with Gasteiger partial charge in [0.1, 0.15) is 0 Å². The van der Waals surface area contributed by atoms with Crippen molar-refractivity contribution in [3.63, 3.8) is 0 Å². The largest absolute Gasteiger partial charge is 0.394 e. The lowest BCUT2D eigenvalue weighted by molar-refractivity contribution is 0.0676. The summed E-state index contributed by atoms with van der Waals surface area (Å²) < 4.78 is 1.01. The summed E-state index contributed by atoms with van der Waals surface area (Å²) >= 11 is 2.22. The van der Waals surface area contributed by atoms with Crippen LogP contribution in [-0.2, 0) is 0 Å². The Bertz CT molecular complexity index is 433. The average Bonchev–Trinajstić information content (AvgIpc) is 2.80. The van der Waals surface area contributed by atoms with Gasteiger partial charge in [-0.05, 0) is 54.0 Å². The normalized spacial score (nSPS) is 19.7. The summed E-state index contributed by atoms with van der Waals surface area (Å²) in [6, 6.07) is 5.78. The van der Waals surface area contributed by atoms with Gasteiger partial charge in [-0.2, -0.15) is 0 Å². The van der Waals surface area contributed by atoms with Gasteiger partial charge in [0, 0.05) is 10.1 Å². The van der Waals surface area contributed by atoms with E-state index in [2.05, 4.69) is 22.6 Å². The van der Waals surface area contributed by atoms with E-state index in [1.807, 2.05) is 25.1 Å². The monoisotopic (exact) mass is 345 g/mol. The number of hydrogen-bond donors (Lipinski definition) is 1. The summed E-state index contributed by atoms with van der Waals surface area (Å²) in [7, 11) is 0. The number of aryl methyl sites for hydroxylation is 1. The Morgan fingerprint density at radius 2 is 2.35 bits per heavy atom. The molecular formula is C13H16INO2. The van der Waals surface area contributed by atoms with E-state index < -0.39 is 0 Å². The van der Waals surface area contributed by atoms with Crippen molar-refractivity contribution < 1.29 is 9.90 Å². The third kappa shape index (κ3) is 2.47. The minimum Gasteiger partial charge on any atom is -0.394 e. The molecule has 1 atom stereocenters. The second kappa shape index (κ2) is 5.35. The molecule has 17 heavy (non-hydrogen) atoms. The molecular weight excluding hydrogens is 329 g/mol. The summed E-state index contributed by atoms with van der Waals surface area (Å²) in [5.41, 5.74) is 1.88. The molecule has 1 fully saturated rings. The van der Waals surface area contributed by atoms with Gasteiger partial charge >= 0.3 is 0 Å². The second-order valence-corrected chi connectivity index (χ2v) is 5.49. The van der Waals surface area contributed by atoms with Gasteiger partial charge in [-0.3, -0.25) is 4.79 Å². The van der Waals surface area contributed by atoms with Crippen molar-refractivity contribution in [2.24, 2.45) is 0 Å². The Morgan fingerprint density at radius 3 is 3.06 bits per heavy atom. The maximum absolute atomic E-state index is 12.4. The standard InChI is InChI=1S/C13H16INO2/c1-9-4-2-6-11(12(9)14)13(17)15-7-3-5-10(15)8-16/h2,4,6,10,16H,3,5,7-8H2,1H3. The van der Waals surface area contributed by atoms with Crippen molar-refractivity contribution in [1.82, 2.24) is 4.90 Å². The number of benzene rings is 1. The fraction of sp³-hybridized carbons (Fsp3) is 0.462. The Kier molecular flexibility index (Phi) is 4.04. The van der Waals surface area contributed by atoms with Crippen LogP contribution in [0.15, 0.2) is 18.2 Å². The fourth-order valence-corrected chi connectivity index (χ4v) is 2.85.